The van der Waals surface area contributed by atoms with Gasteiger partial charge in [0, 0.05) is 5.39 Å². The van der Waals surface area contributed by atoms with Crippen molar-refractivity contribution in [1.29, 1.82) is 0 Å². The summed E-state index contributed by atoms with van der Waals surface area (Å²) < 4.78 is 0. The Bertz CT molecular complexity index is 473. The molecule has 1 aromatic heterocycles. The highest BCUT2D eigenvalue weighted by Gasteiger charge is 2.06. The fraction of sp³-hybridized carbons (Fsp3) is 0. The highest BCUT2D eigenvalue weighted by Crippen LogP contribution is 2.27. The molecule has 0 saturated carbocycles. The molecular weight excluding hydrogens is 211 g/mol. The predicted molar refractivity (Wildman–Crippen MR) is 51.2 cm³/mol. The van der Waals surface area contributed by atoms with Crippen molar-refractivity contribution < 1.29 is 5.11 Å². The van der Waals surface area contributed by atoms with E-state index in [-0.39, 0.29) is 16.2 Å². The Morgan fingerprint density at radius 2 is 1.92 bits per heavy atom. The smallest absolute Gasteiger partial charge is 0.224 e. The summed E-state index contributed by atoms with van der Waals surface area (Å²) >= 11 is 11.4. The fourth-order valence-corrected chi connectivity index (χ4v) is 1.52. The van der Waals surface area contributed by atoms with Crippen molar-refractivity contribution in [2.45, 2.75) is 0 Å². The maximum absolute atomic E-state index is 9.41. The minimum absolute atomic E-state index is 0.0269. The van der Waals surface area contributed by atoms with Crippen molar-refractivity contribution in [3.05, 3.63) is 28.6 Å². The monoisotopic (exact) mass is 214 g/mol. The minimum atomic E-state index is 0.0269. The maximum atomic E-state index is 9.41. The Balaban J connectivity index is 2.94. The first kappa shape index (κ1) is 8.53. The van der Waals surface area contributed by atoms with Gasteiger partial charge in [0.15, 0.2) is 0 Å². The second kappa shape index (κ2) is 3.01. The zero-order valence-corrected chi connectivity index (χ0v) is 7.84. The summed E-state index contributed by atoms with van der Waals surface area (Å²) in [5.74, 6) is 0.0451. The lowest BCUT2D eigenvalue weighted by Crippen LogP contribution is -1.86. The highest BCUT2D eigenvalue weighted by molar-refractivity contribution is 6.35. The van der Waals surface area contributed by atoms with Crippen LogP contribution in [-0.4, -0.2) is 15.1 Å². The molecule has 0 atom stereocenters. The van der Waals surface area contributed by atoms with Crippen LogP contribution in [0.4, 0.5) is 0 Å². The standard InChI is InChI=1S/C8H4Cl2N2O/c9-7-4-2-1-3-5(13)6(4)11-8(10)12-7/h1-3,13H. The molecule has 0 saturated heterocycles. The first-order valence-electron chi connectivity index (χ1n) is 3.49. The average molecular weight is 215 g/mol. The van der Waals surface area contributed by atoms with Crippen molar-refractivity contribution in [2.75, 3.05) is 0 Å². The molecular formula is C8H4Cl2N2O. The highest BCUT2D eigenvalue weighted by atomic mass is 35.5. The van der Waals surface area contributed by atoms with E-state index < -0.39 is 0 Å². The second-order valence-corrected chi connectivity index (χ2v) is 3.15. The molecule has 0 aliphatic rings. The molecule has 66 valence electrons. The van der Waals surface area contributed by atoms with Crippen molar-refractivity contribution in [3.8, 4) is 5.75 Å². The lowest BCUT2D eigenvalue weighted by atomic mass is 10.2. The van der Waals surface area contributed by atoms with Gasteiger partial charge in [0.2, 0.25) is 5.28 Å². The molecule has 0 aliphatic carbocycles. The number of aromatic nitrogens is 2. The maximum Gasteiger partial charge on any atom is 0.224 e. The van der Waals surface area contributed by atoms with Gasteiger partial charge < -0.3 is 5.11 Å². The molecule has 1 aromatic carbocycles. The quantitative estimate of drug-likeness (QED) is 0.542. The van der Waals surface area contributed by atoms with Crippen LogP contribution in [0.2, 0.25) is 10.4 Å². The van der Waals surface area contributed by atoms with Gasteiger partial charge in [-0.05, 0) is 23.7 Å². The molecule has 0 bridgehead atoms. The summed E-state index contributed by atoms with van der Waals surface area (Å²) in [5, 5.41) is 10.3. The van der Waals surface area contributed by atoms with Crippen LogP contribution in [0.1, 0.15) is 0 Å². The Morgan fingerprint density at radius 3 is 2.69 bits per heavy atom. The molecule has 2 rings (SSSR count). The third-order valence-corrected chi connectivity index (χ3v) is 2.09. The molecule has 0 spiro atoms. The van der Waals surface area contributed by atoms with Gasteiger partial charge in [0.1, 0.15) is 16.4 Å². The molecule has 0 radical (unpaired) electrons. The third kappa shape index (κ3) is 1.41. The van der Waals surface area contributed by atoms with E-state index in [2.05, 4.69) is 9.97 Å². The molecule has 1 N–H and O–H groups in total. The van der Waals surface area contributed by atoms with Crippen molar-refractivity contribution in [3.63, 3.8) is 0 Å². The molecule has 13 heavy (non-hydrogen) atoms. The summed E-state index contributed by atoms with van der Waals surface area (Å²) in [6.07, 6.45) is 0. The summed E-state index contributed by atoms with van der Waals surface area (Å²) in [6.45, 7) is 0. The van der Waals surface area contributed by atoms with Crippen LogP contribution in [0.25, 0.3) is 10.9 Å². The fourth-order valence-electron chi connectivity index (χ4n) is 1.07. The Kier molecular flexibility index (Phi) is 1.98. The topological polar surface area (TPSA) is 46.0 Å². The molecule has 0 aliphatic heterocycles. The Hall–Kier alpha value is -1.06. The zero-order valence-electron chi connectivity index (χ0n) is 6.33. The van der Waals surface area contributed by atoms with Gasteiger partial charge in [0.25, 0.3) is 0 Å². The second-order valence-electron chi connectivity index (χ2n) is 2.46. The lowest BCUT2D eigenvalue weighted by molar-refractivity contribution is 0.480. The van der Waals surface area contributed by atoms with E-state index in [1.54, 1.807) is 12.1 Å². The first-order chi connectivity index (χ1) is 6.18. The molecule has 0 amide bonds. The van der Waals surface area contributed by atoms with Crippen LogP contribution in [0, 0.1) is 0 Å². The molecule has 2 aromatic rings. The molecule has 0 fully saturated rings. The van der Waals surface area contributed by atoms with Gasteiger partial charge in [-0.2, -0.15) is 0 Å². The summed E-state index contributed by atoms with van der Waals surface area (Å²) in [5.41, 5.74) is 0.368. The number of para-hydroxylation sites is 1. The van der Waals surface area contributed by atoms with Gasteiger partial charge in [-0.25, -0.2) is 9.97 Å². The van der Waals surface area contributed by atoms with Crippen molar-refractivity contribution in [2.24, 2.45) is 0 Å². The largest absolute Gasteiger partial charge is 0.506 e. The van der Waals surface area contributed by atoms with Crippen molar-refractivity contribution in [1.82, 2.24) is 9.97 Å². The number of phenolic OH excluding ortho intramolecular Hbond substituents is 1. The van der Waals surface area contributed by atoms with E-state index >= 15 is 0 Å². The first-order valence-corrected chi connectivity index (χ1v) is 4.25. The summed E-state index contributed by atoms with van der Waals surface area (Å²) in [7, 11) is 0. The van der Waals surface area contributed by atoms with Gasteiger partial charge in [-0.1, -0.05) is 17.7 Å². The van der Waals surface area contributed by atoms with Crippen molar-refractivity contribution >= 4 is 34.1 Å². The van der Waals surface area contributed by atoms with Crippen LogP contribution in [0.3, 0.4) is 0 Å². The van der Waals surface area contributed by atoms with E-state index in [0.29, 0.717) is 10.9 Å². The SMILES string of the molecule is Oc1cccc2c(Cl)nc(Cl)nc12. The number of halogens is 2. The number of phenols is 1. The number of nitrogens with zero attached hydrogens (tertiary/aromatic N) is 2. The van der Waals surface area contributed by atoms with E-state index in [4.69, 9.17) is 23.2 Å². The van der Waals surface area contributed by atoms with Crippen LogP contribution in [0.5, 0.6) is 5.75 Å². The van der Waals surface area contributed by atoms with Gasteiger partial charge in [0.05, 0.1) is 0 Å². The van der Waals surface area contributed by atoms with E-state index in [0.717, 1.165) is 0 Å². The average Bonchev–Trinajstić information content (AvgIpc) is 2.07. The van der Waals surface area contributed by atoms with Crippen LogP contribution < -0.4 is 0 Å². The van der Waals surface area contributed by atoms with Gasteiger partial charge in [-0.3, -0.25) is 0 Å². The zero-order chi connectivity index (χ0) is 9.42. The van der Waals surface area contributed by atoms with Crippen LogP contribution >= 0.6 is 23.2 Å². The van der Waals surface area contributed by atoms with Crippen LogP contribution in [-0.2, 0) is 0 Å². The van der Waals surface area contributed by atoms with Crippen LogP contribution in [0.15, 0.2) is 18.2 Å². The molecule has 0 unspecified atom stereocenters. The Morgan fingerprint density at radius 1 is 1.15 bits per heavy atom. The minimum Gasteiger partial charge on any atom is -0.506 e. The summed E-state index contributed by atoms with van der Waals surface area (Å²) in [6, 6.07) is 4.90. The van der Waals surface area contributed by atoms with Gasteiger partial charge >= 0.3 is 0 Å². The summed E-state index contributed by atoms with van der Waals surface area (Å²) in [4.78, 5) is 7.61. The number of benzene rings is 1. The Labute approximate surface area is 84.0 Å². The number of aromatic hydroxyl groups is 1. The molecule has 1 heterocycles. The number of fused-ring (bicyclic) bond motifs is 1. The lowest BCUT2D eigenvalue weighted by Gasteiger charge is -2.00. The normalized spacial score (nSPS) is 10.6. The number of rotatable bonds is 0. The number of hydrogen-bond acceptors (Lipinski definition) is 3. The molecule has 3 nitrogen and oxygen atoms in total. The van der Waals surface area contributed by atoms with Gasteiger partial charge in [-0.15, -0.1) is 0 Å². The van der Waals surface area contributed by atoms with E-state index in [9.17, 15) is 5.11 Å². The predicted octanol–water partition coefficient (Wildman–Crippen LogP) is 2.64. The van der Waals surface area contributed by atoms with E-state index in [1.165, 1.54) is 6.07 Å². The third-order valence-electron chi connectivity index (χ3n) is 1.63. The number of hydrogen-bond donors (Lipinski definition) is 1. The molecule has 5 heteroatoms. The van der Waals surface area contributed by atoms with E-state index in [1.807, 2.05) is 0 Å².